The summed E-state index contributed by atoms with van der Waals surface area (Å²) in [6.45, 7) is 2.58. The molecule has 0 spiro atoms. The first-order chi connectivity index (χ1) is 12.2. The molecule has 3 aromatic rings. The maximum atomic E-state index is 12.7. The van der Waals surface area contributed by atoms with Crippen LogP contribution in [0, 0.1) is 6.92 Å². The van der Waals surface area contributed by atoms with Crippen LogP contribution in [0.5, 0.6) is 0 Å². The molecular formula is C21H20N2O2. The molecule has 4 heteroatoms. The van der Waals surface area contributed by atoms with Crippen molar-refractivity contribution in [1.82, 2.24) is 10.5 Å². The third-order valence-electron chi connectivity index (χ3n) is 4.82. The third-order valence-corrected chi connectivity index (χ3v) is 4.82. The van der Waals surface area contributed by atoms with Gasteiger partial charge in [0.25, 0.3) is 0 Å². The van der Waals surface area contributed by atoms with Gasteiger partial charge in [0.05, 0.1) is 11.1 Å². The van der Waals surface area contributed by atoms with Crippen LogP contribution in [0.4, 0.5) is 0 Å². The molecule has 0 atom stereocenters. The quantitative estimate of drug-likeness (QED) is 0.768. The van der Waals surface area contributed by atoms with Gasteiger partial charge in [-0.2, -0.15) is 0 Å². The van der Waals surface area contributed by atoms with Crippen LogP contribution < -0.4 is 5.32 Å². The minimum Gasteiger partial charge on any atom is -0.356 e. The summed E-state index contributed by atoms with van der Waals surface area (Å²) in [6, 6.07) is 19.9. The monoisotopic (exact) mass is 332 g/mol. The van der Waals surface area contributed by atoms with Gasteiger partial charge < -0.3 is 9.84 Å². The molecule has 0 bridgehead atoms. The molecule has 1 N–H and O–H groups in total. The number of aryl methyl sites for hydroxylation is 1. The first-order valence-electron chi connectivity index (χ1n) is 8.54. The van der Waals surface area contributed by atoms with E-state index in [2.05, 4.69) is 29.5 Å². The molecule has 1 saturated carbocycles. The number of carbonyl (C=O) groups is 1. The lowest BCUT2D eigenvalue weighted by Gasteiger charge is -2.12. The zero-order chi connectivity index (χ0) is 17.3. The van der Waals surface area contributed by atoms with Gasteiger partial charge in [-0.15, -0.1) is 0 Å². The molecule has 4 nitrogen and oxygen atoms in total. The van der Waals surface area contributed by atoms with E-state index in [4.69, 9.17) is 4.52 Å². The summed E-state index contributed by atoms with van der Waals surface area (Å²) in [5.74, 6) is 0.731. The van der Waals surface area contributed by atoms with Gasteiger partial charge in [-0.25, -0.2) is 0 Å². The van der Waals surface area contributed by atoms with Crippen LogP contribution in [-0.2, 0) is 16.8 Å². The third kappa shape index (κ3) is 3.07. The van der Waals surface area contributed by atoms with Gasteiger partial charge in [0, 0.05) is 18.2 Å². The molecule has 1 aliphatic rings. The van der Waals surface area contributed by atoms with Gasteiger partial charge in [0.15, 0.2) is 5.76 Å². The van der Waals surface area contributed by atoms with Gasteiger partial charge in [0.1, 0.15) is 0 Å². The standard InChI is InChI=1S/C21H20N2O2/c1-15-7-9-16(10-8-15)14-22-20(24)21(11-12-21)19-13-18(25-23-19)17-5-3-2-4-6-17/h2-10,13H,11-12,14H2,1H3,(H,22,24). The SMILES string of the molecule is Cc1ccc(CNC(=O)C2(c3cc(-c4ccccc4)on3)CC2)cc1. The Labute approximate surface area is 146 Å². The molecule has 0 saturated heterocycles. The normalized spacial score (nSPS) is 14.9. The number of nitrogens with one attached hydrogen (secondary N) is 1. The van der Waals surface area contributed by atoms with Crippen molar-refractivity contribution >= 4 is 5.91 Å². The molecule has 4 rings (SSSR count). The van der Waals surface area contributed by atoms with E-state index in [0.717, 1.165) is 29.7 Å². The van der Waals surface area contributed by atoms with E-state index in [0.29, 0.717) is 12.3 Å². The molecule has 2 aromatic carbocycles. The highest BCUT2D eigenvalue weighted by molar-refractivity contribution is 5.91. The number of rotatable bonds is 5. The Kier molecular flexibility index (Phi) is 3.88. The van der Waals surface area contributed by atoms with E-state index in [9.17, 15) is 4.79 Å². The number of hydrogen-bond donors (Lipinski definition) is 1. The second-order valence-electron chi connectivity index (χ2n) is 6.69. The Morgan fingerprint density at radius 2 is 1.84 bits per heavy atom. The smallest absolute Gasteiger partial charge is 0.232 e. The lowest BCUT2D eigenvalue weighted by Crippen LogP contribution is -2.34. The maximum Gasteiger partial charge on any atom is 0.232 e. The molecule has 1 fully saturated rings. The maximum absolute atomic E-state index is 12.7. The molecule has 126 valence electrons. The Morgan fingerprint density at radius 3 is 2.52 bits per heavy atom. The highest BCUT2D eigenvalue weighted by Crippen LogP contribution is 2.48. The number of carbonyl (C=O) groups excluding carboxylic acids is 1. The topological polar surface area (TPSA) is 55.1 Å². The Bertz CT molecular complexity index is 878. The predicted octanol–water partition coefficient (Wildman–Crippen LogP) is 4.00. The van der Waals surface area contributed by atoms with E-state index in [1.54, 1.807) is 0 Å². The summed E-state index contributed by atoms with van der Waals surface area (Å²) in [5.41, 5.74) is 3.48. The fourth-order valence-corrected chi connectivity index (χ4v) is 3.02. The van der Waals surface area contributed by atoms with Crippen molar-refractivity contribution in [3.8, 4) is 11.3 Å². The molecule has 0 unspecified atom stereocenters. The van der Waals surface area contributed by atoms with Crippen molar-refractivity contribution in [2.45, 2.75) is 31.7 Å². The average molecular weight is 332 g/mol. The van der Waals surface area contributed by atoms with Gasteiger partial charge in [-0.3, -0.25) is 4.79 Å². The number of benzene rings is 2. The lowest BCUT2D eigenvalue weighted by molar-refractivity contribution is -0.123. The average Bonchev–Trinajstić information content (AvgIpc) is 3.31. The van der Waals surface area contributed by atoms with Crippen LogP contribution >= 0.6 is 0 Å². The van der Waals surface area contributed by atoms with Crippen molar-refractivity contribution in [2.24, 2.45) is 0 Å². The second-order valence-corrected chi connectivity index (χ2v) is 6.69. The summed E-state index contributed by atoms with van der Waals surface area (Å²) in [6.07, 6.45) is 1.63. The van der Waals surface area contributed by atoms with E-state index in [1.165, 1.54) is 5.56 Å². The van der Waals surface area contributed by atoms with Crippen LogP contribution in [0.1, 0.15) is 29.7 Å². The van der Waals surface area contributed by atoms with Crippen molar-refractivity contribution < 1.29 is 9.32 Å². The Balaban J connectivity index is 1.47. The van der Waals surface area contributed by atoms with E-state index < -0.39 is 5.41 Å². The van der Waals surface area contributed by atoms with Crippen molar-refractivity contribution in [1.29, 1.82) is 0 Å². The van der Waals surface area contributed by atoms with Gasteiger partial charge >= 0.3 is 0 Å². The number of amides is 1. The number of hydrogen-bond acceptors (Lipinski definition) is 3. The van der Waals surface area contributed by atoms with Crippen LogP contribution in [0.25, 0.3) is 11.3 Å². The Morgan fingerprint density at radius 1 is 1.12 bits per heavy atom. The molecule has 1 amide bonds. The van der Waals surface area contributed by atoms with E-state index >= 15 is 0 Å². The van der Waals surface area contributed by atoms with Gasteiger partial charge in [0.2, 0.25) is 5.91 Å². The molecule has 1 heterocycles. The van der Waals surface area contributed by atoms with Gasteiger partial charge in [-0.05, 0) is 25.3 Å². The highest BCUT2D eigenvalue weighted by atomic mass is 16.5. The first-order valence-corrected chi connectivity index (χ1v) is 8.54. The van der Waals surface area contributed by atoms with Gasteiger partial charge in [-0.1, -0.05) is 65.3 Å². The summed E-state index contributed by atoms with van der Waals surface area (Å²) in [5, 5.41) is 7.23. The molecular weight excluding hydrogens is 312 g/mol. The lowest BCUT2D eigenvalue weighted by atomic mass is 10.00. The number of aromatic nitrogens is 1. The summed E-state index contributed by atoms with van der Waals surface area (Å²) < 4.78 is 5.47. The van der Waals surface area contributed by atoms with Crippen LogP contribution in [-0.4, -0.2) is 11.1 Å². The zero-order valence-corrected chi connectivity index (χ0v) is 14.2. The number of nitrogens with zero attached hydrogens (tertiary/aromatic N) is 1. The molecule has 0 radical (unpaired) electrons. The van der Waals surface area contributed by atoms with E-state index in [-0.39, 0.29) is 5.91 Å². The molecule has 0 aliphatic heterocycles. The zero-order valence-electron chi connectivity index (χ0n) is 14.2. The van der Waals surface area contributed by atoms with Crippen molar-refractivity contribution in [3.63, 3.8) is 0 Å². The van der Waals surface area contributed by atoms with Crippen molar-refractivity contribution in [3.05, 3.63) is 77.5 Å². The Hall–Kier alpha value is -2.88. The van der Waals surface area contributed by atoms with Crippen LogP contribution in [0.3, 0.4) is 0 Å². The fraction of sp³-hybridized carbons (Fsp3) is 0.238. The summed E-state index contributed by atoms with van der Waals surface area (Å²) >= 11 is 0. The van der Waals surface area contributed by atoms with Crippen molar-refractivity contribution in [2.75, 3.05) is 0 Å². The molecule has 25 heavy (non-hydrogen) atoms. The highest BCUT2D eigenvalue weighted by Gasteiger charge is 2.53. The first kappa shape index (κ1) is 15.6. The molecule has 1 aliphatic carbocycles. The summed E-state index contributed by atoms with van der Waals surface area (Å²) in [4.78, 5) is 12.7. The minimum atomic E-state index is -0.527. The van der Waals surface area contributed by atoms with Crippen LogP contribution in [0.2, 0.25) is 0 Å². The second kappa shape index (κ2) is 6.20. The fourth-order valence-electron chi connectivity index (χ4n) is 3.02. The van der Waals surface area contributed by atoms with Crippen LogP contribution in [0.15, 0.2) is 65.2 Å². The minimum absolute atomic E-state index is 0.0287. The summed E-state index contributed by atoms with van der Waals surface area (Å²) in [7, 11) is 0. The predicted molar refractivity (Wildman–Crippen MR) is 95.9 cm³/mol. The van der Waals surface area contributed by atoms with E-state index in [1.807, 2.05) is 48.5 Å². The largest absolute Gasteiger partial charge is 0.356 e. The molecule has 1 aromatic heterocycles.